The Balaban J connectivity index is 1.23. The van der Waals surface area contributed by atoms with Gasteiger partial charge in [0.05, 0.1) is 0 Å². The molecule has 2 aliphatic carbocycles. The van der Waals surface area contributed by atoms with Gasteiger partial charge >= 0.3 is 0 Å². The van der Waals surface area contributed by atoms with Crippen molar-refractivity contribution in [1.29, 1.82) is 0 Å². The maximum atomic E-state index is 3.34. The first kappa shape index (κ1) is 22.9. The minimum absolute atomic E-state index is 0.691. The molecule has 32 heavy (non-hydrogen) atoms. The zero-order chi connectivity index (χ0) is 22.2. The average molecular weight is 425 g/mol. The summed E-state index contributed by atoms with van der Waals surface area (Å²) in [5, 5.41) is 0. The fraction of sp³-hybridized carbons (Fsp3) is 0.500. The Morgan fingerprint density at radius 2 is 1.28 bits per heavy atom. The number of aryl methyl sites for hydroxylation is 1. The van der Waals surface area contributed by atoms with Gasteiger partial charge in [0, 0.05) is 5.56 Å². The van der Waals surface area contributed by atoms with Crippen molar-refractivity contribution >= 4 is 0 Å². The molecule has 0 heterocycles. The molecule has 2 aromatic rings. The van der Waals surface area contributed by atoms with Gasteiger partial charge in [0.1, 0.15) is 0 Å². The molecule has 0 atom stereocenters. The zero-order valence-electron chi connectivity index (χ0n) is 20.2. The summed E-state index contributed by atoms with van der Waals surface area (Å²) < 4.78 is 0. The van der Waals surface area contributed by atoms with E-state index in [4.69, 9.17) is 0 Å². The Morgan fingerprint density at radius 3 is 1.84 bits per heavy atom. The molecule has 0 heteroatoms. The van der Waals surface area contributed by atoms with Crippen LogP contribution in [0.1, 0.15) is 106 Å². The molecular weight excluding hydrogens is 384 g/mol. The van der Waals surface area contributed by atoms with Crippen LogP contribution in [-0.4, -0.2) is 0 Å². The molecule has 0 aromatic heterocycles. The number of benzene rings is 2. The van der Waals surface area contributed by atoms with Gasteiger partial charge < -0.3 is 0 Å². The summed E-state index contributed by atoms with van der Waals surface area (Å²) in [5.41, 5.74) is 5.63. The second kappa shape index (κ2) is 11.6. The van der Waals surface area contributed by atoms with E-state index >= 15 is 0 Å². The number of allylic oxidation sites excluding steroid dienone is 2. The van der Waals surface area contributed by atoms with Crippen molar-refractivity contribution in [2.24, 2.45) is 11.8 Å². The number of hydrogen-bond donors (Lipinski definition) is 0. The molecule has 0 bridgehead atoms. The van der Waals surface area contributed by atoms with E-state index in [1.165, 1.54) is 74.5 Å². The molecule has 0 nitrogen and oxygen atoms in total. The highest BCUT2D eigenvalue weighted by Crippen LogP contribution is 2.37. The van der Waals surface area contributed by atoms with E-state index in [0.29, 0.717) is 5.92 Å². The first-order valence-electron chi connectivity index (χ1n) is 13.1. The van der Waals surface area contributed by atoms with E-state index in [2.05, 4.69) is 86.4 Å². The van der Waals surface area contributed by atoms with Crippen LogP contribution in [0.15, 0.2) is 60.7 Å². The molecule has 2 aliphatic rings. The molecule has 4 rings (SSSR count). The van der Waals surface area contributed by atoms with Crippen molar-refractivity contribution in [2.45, 2.75) is 89.9 Å². The third-order valence-electron chi connectivity index (χ3n) is 8.11. The molecule has 0 radical (unpaired) electrons. The first-order valence-corrected chi connectivity index (χ1v) is 13.1. The van der Waals surface area contributed by atoms with Crippen molar-refractivity contribution < 1.29 is 0 Å². The van der Waals surface area contributed by atoms with Crippen LogP contribution in [0.5, 0.6) is 0 Å². The molecule has 0 saturated heterocycles. The Bertz CT molecular complexity index is 903. The fourth-order valence-corrected chi connectivity index (χ4v) is 5.72. The normalized spacial score (nSPS) is 25.9. The minimum atomic E-state index is 0.691. The Labute approximate surface area is 196 Å². The van der Waals surface area contributed by atoms with Crippen LogP contribution in [0.25, 0.3) is 0 Å². The summed E-state index contributed by atoms with van der Waals surface area (Å²) in [7, 11) is 0. The van der Waals surface area contributed by atoms with Gasteiger partial charge in [-0.15, -0.1) is 0 Å². The lowest BCUT2D eigenvalue weighted by molar-refractivity contribution is 0.319. The summed E-state index contributed by atoms with van der Waals surface area (Å²) in [6.07, 6.45) is 17.6. The SMILES string of the molecule is CCc1ccc([C@H]2CC[C@H](/C=C/C#Cc3ccc([C@H]4CC[C@H](CC)CC4)cc3)CC2)cc1. The molecule has 0 spiro atoms. The van der Waals surface area contributed by atoms with Crippen LogP contribution in [0, 0.1) is 23.7 Å². The Kier molecular flexibility index (Phi) is 8.28. The second-order valence-electron chi connectivity index (χ2n) is 10.1. The van der Waals surface area contributed by atoms with Crippen molar-refractivity contribution in [2.75, 3.05) is 0 Å². The Hall–Kier alpha value is -2.26. The van der Waals surface area contributed by atoms with Gasteiger partial charge in [-0.25, -0.2) is 0 Å². The summed E-state index contributed by atoms with van der Waals surface area (Å²) in [6, 6.07) is 18.4. The summed E-state index contributed by atoms with van der Waals surface area (Å²) in [5.74, 6) is 9.79. The zero-order valence-corrected chi connectivity index (χ0v) is 20.2. The molecule has 2 saturated carbocycles. The van der Waals surface area contributed by atoms with Gasteiger partial charge in [0.15, 0.2) is 0 Å². The van der Waals surface area contributed by atoms with Gasteiger partial charge in [-0.05, 0) is 116 Å². The second-order valence-corrected chi connectivity index (χ2v) is 10.1. The highest BCUT2D eigenvalue weighted by atomic mass is 14.3. The van der Waals surface area contributed by atoms with E-state index in [-0.39, 0.29) is 0 Å². The van der Waals surface area contributed by atoms with E-state index < -0.39 is 0 Å². The number of hydrogen-bond acceptors (Lipinski definition) is 0. The van der Waals surface area contributed by atoms with Gasteiger partial charge in [0.25, 0.3) is 0 Å². The lowest BCUT2D eigenvalue weighted by atomic mass is 9.78. The van der Waals surface area contributed by atoms with E-state index in [1.54, 1.807) is 0 Å². The van der Waals surface area contributed by atoms with Crippen LogP contribution in [0.2, 0.25) is 0 Å². The molecular formula is C32H40. The van der Waals surface area contributed by atoms with Gasteiger partial charge in [0.2, 0.25) is 0 Å². The molecule has 2 aromatic carbocycles. The van der Waals surface area contributed by atoms with E-state index in [1.807, 2.05) is 0 Å². The van der Waals surface area contributed by atoms with Crippen molar-refractivity contribution in [3.63, 3.8) is 0 Å². The quantitative estimate of drug-likeness (QED) is 0.421. The molecule has 0 unspecified atom stereocenters. The largest absolute Gasteiger partial charge is 0.0730 e. The van der Waals surface area contributed by atoms with Crippen LogP contribution in [-0.2, 0) is 6.42 Å². The molecule has 168 valence electrons. The first-order chi connectivity index (χ1) is 15.7. The maximum Gasteiger partial charge on any atom is 0.0249 e. The van der Waals surface area contributed by atoms with Crippen molar-refractivity contribution in [1.82, 2.24) is 0 Å². The third kappa shape index (κ3) is 6.16. The molecule has 0 N–H and O–H groups in total. The fourth-order valence-electron chi connectivity index (χ4n) is 5.72. The summed E-state index contributed by atoms with van der Waals surface area (Å²) in [6.45, 7) is 4.56. The minimum Gasteiger partial charge on any atom is -0.0730 e. The lowest BCUT2D eigenvalue weighted by Gasteiger charge is -2.28. The van der Waals surface area contributed by atoms with Crippen molar-refractivity contribution in [3.8, 4) is 11.8 Å². The summed E-state index contributed by atoms with van der Waals surface area (Å²) >= 11 is 0. The predicted octanol–water partition coefficient (Wildman–Crippen LogP) is 8.81. The maximum absolute atomic E-state index is 3.34. The molecule has 2 fully saturated rings. The topological polar surface area (TPSA) is 0 Å². The van der Waals surface area contributed by atoms with E-state index in [0.717, 1.165) is 29.7 Å². The highest BCUT2D eigenvalue weighted by molar-refractivity contribution is 5.39. The highest BCUT2D eigenvalue weighted by Gasteiger charge is 2.21. The lowest BCUT2D eigenvalue weighted by Crippen LogP contribution is -2.12. The van der Waals surface area contributed by atoms with Crippen LogP contribution in [0.4, 0.5) is 0 Å². The van der Waals surface area contributed by atoms with Gasteiger partial charge in [-0.3, -0.25) is 0 Å². The van der Waals surface area contributed by atoms with E-state index in [9.17, 15) is 0 Å². The van der Waals surface area contributed by atoms with Crippen LogP contribution < -0.4 is 0 Å². The van der Waals surface area contributed by atoms with Gasteiger partial charge in [-0.2, -0.15) is 0 Å². The Morgan fingerprint density at radius 1 is 0.719 bits per heavy atom. The van der Waals surface area contributed by atoms with Crippen LogP contribution in [0.3, 0.4) is 0 Å². The molecule has 0 aliphatic heterocycles. The smallest absolute Gasteiger partial charge is 0.0249 e. The monoisotopic (exact) mass is 424 g/mol. The number of rotatable bonds is 5. The van der Waals surface area contributed by atoms with Crippen molar-refractivity contribution in [3.05, 3.63) is 82.9 Å². The van der Waals surface area contributed by atoms with Crippen LogP contribution >= 0.6 is 0 Å². The standard InChI is InChI=1S/C32H40/c1-3-25-9-17-29(18-10-25)31-21-13-27(14-22-31)7-5-6-8-28-15-23-32(24-16-28)30-19-11-26(4-2)12-20-30/h5,7,9-10,15-18,23-24,26-27,30-31H,3-4,11-14,19-22H2,1-2H3/b7-5+/t26-,27-,30-,31-. The van der Waals surface area contributed by atoms with Gasteiger partial charge in [-0.1, -0.05) is 74.6 Å². The third-order valence-corrected chi connectivity index (χ3v) is 8.11. The molecule has 0 amide bonds. The average Bonchev–Trinajstić information content (AvgIpc) is 2.87. The summed E-state index contributed by atoms with van der Waals surface area (Å²) in [4.78, 5) is 0. The predicted molar refractivity (Wildman–Crippen MR) is 138 cm³/mol.